The van der Waals surface area contributed by atoms with Gasteiger partial charge in [-0.3, -0.25) is 9.36 Å². The van der Waals surface area contributed by atoms with Crippen LogP contribution >= 0.6 is 39.3 Å². The van der Waals surface area contributed by atoms with Crippen molar-refractivity contribution in [1.82, 2.24) is 14.8 Å². The summed E-state index contributed by atoms with van der Waals surface area (Å²) in [7, 11) is 0. The number of thioether (sulfide) groups is 1. The number of carbonyl (C=O) groups excluding carboxylic acids is 1. The van der Waals surface area contributed by atoms with Crippen molar-refractivity contribution >= 4 is 50.9 Å². The predicted octanol–water partition coefficient (Wildman–Crippen LogP) is 7.69. The molecule has 35 heavy (non-hydrogen) atoms. The Morgan fingerprint density at radius 2 is 1.71 bits per heavy atom. The fourth-order valence-corrected chi connectivity index (χ4v) is 4.67. The Bertz CT molecular complexity index is 1350. The van der Waals surface area contributed by atoms with Crippen molar-refractivity contribution in [3.8, 4) is 17.1 Å². The molecule has 1 aromatic heterocycles. The van der Waals surface area contributed by atoms with Crippen LogP contribution in [0.15, 0.2) is 76.4 Å². The fourth-order valence-electron chi connectivity index (χ4n) is 3.54. The van der Waals surface area contributed by atoms with Crippen LogP contribution in [0.4, 0.5) is 5.69 Å². The van der Waals surface area contributed by atoms with E-state index >= 15 is 0 Å². The highest BCUT2D eigenvalue weighted by molar-refractivity contribution is 9.10. The average Bonchev–Trinajstić information content (AvgIpc) is 3.24. The van der Waals surface area contributed by atoms with Crippen molar-refractivity contribution in [2.45, 2.75) is 38.3 Å². The summed E-state index contributed by atoms with van der Waals surface area (Å²) in [5, 5.41) is 13.1. The Morgan fingerprint density at radius 1 is 1.03 bits per heavy atom. The number of rotatable bonds is 6. The quantitative estimate of drug-likeness (QED) is 0.242. The summed E-state index contributed by atoms with van der Waals surface area (Å²) in [6.45, 7) is 8.55. The van der Waals surface area contributed by atoms with Crippen molar-refractivity contribution in [1.29, 1.82) is 0 Å². The Hall–Kier alpha value is -2.61. The zero-order chi connectivity index (χ0) is 25.2. The van der Waals surface area contributed by atoms with Gasteiger partial charge in [-0.2, -0.15) is 0 Å². The summed E-state index contributed by atoms with van der Waals surface area (Å²) in [4.78, 5) is 12.7. The van der Waals surface area contributed by atoms with Gasteiger partial charge in [0.2, 0.25) is 5.91 Å². The molecule has 0 aliphatic carbocycles. The van der Waals surface area contributed by atoms with Crippen LogP contribution in [0.5, 0.6) is 0 Å². The summed E-state index contributed by atoms with van der Waals surface area (Å²) >= 11 is 11.0. The largest absolute Gasteiger partial charge is 0.325 e. The van der Waals surface area contributed by atoms with Crippen LogP contribution in [0, 0.1) is 6.92 Å². The van der Waals surface area contributed by atoms with Crippen LogP contribution < -0.4 is 5.32 Å². The molecule has 1 amide bonds. The Kier molecular flexibility index (Phi) is 7.69. The van der Waals surface area contributed by atoms with Gasteiger partial charge in [0.25, 0.3) is 0 Å². The van der Waals surface area contributed by atoms with Gasteiger partial charge in [0, 0.05) is 26.4 Å². The number of carbonyl (C=O) groups is 1. The van der Waals surface area contributed by atoms with Gasteiger partial charge in [0.15, 0.2) is 11.0 Å². The fraction of sp³-hybridized carbons (Fsp3) is 0.222. The van der Waals surface area contributed by atoms with E-state index in [-0.39, 0.29) is 17.1 Å². The third-order valence-electron chi connectivity index (χ3n) is 5.50. The topological polar surface area (TPSA) is 59.8 Å². The minimum absolute atomic E-state index is 0.0597. The molecule has 0 fully saturated rings. The SMILES string of the molecule is Cc1cc(NC(=O)CSc2nnc(-c3ccc(C(C)(C)C)cc3)n2-c2ccc(Cl)cc2)ccc1Br. The number of benzene rings is 3. The molecule has 0 atom stereocenters. The molecule has 1 N–H and O–H groups in total. The first-order valence-corrected chi connectivity index (χ1v) is 13.3. The highest BCUT2D eigenvalue weighted by Crippen LogP contribution is 2.31. The van der Waals surface area contributed by atoms with Crippen molar-refractivity contribution in [3.63, 3.8) is 0 Å². The summed E-state index contributed by atoms with van der Waals surface area (Å²) in [6, 6.07) is 21.6. The second-order valence-corrected chi connectivity index (χ2v) is 11.5. The molecule has 0 aliphatic rings. The van der Waals surface area contributed by atoms with E-state index in [1.54, 1.807) is 0 Å². The van der Waals surface area contributed by atoms with Crippen LogP contribution in [0.3, 0.4) is 0 Å². The number of anilines is 1. The van der Waals surface area contributed by atoms with E-state index in [0.29, 0.717) is 16.0 Å². The summed E-state index contributed by atoms with van der Waals surface area (Å²) in [5.41, 5.74) is 4.94. The minimum Gasteiger partial charge on any atom is -0.325 e. The molecule has 0 aliphatic heterocycles. The van der Waals surface area contributed by atoms with Gasteiger partial charge in [-0.25, -0.2) is 0 Å². The van der Waals surface area contributed by atoms with E-state index in [1.807, 2.05) is 54.0 Å². The van der Waals surface area contributed by atoms with Gasteiger partial charge < -0.3 is 5.32 Å². The van der Waals surface area contributed by atoms with E-state index in [0.717, 1.165) is 27.0 Å². The second-order valence-electron chi connectivity index (χ2n) is 9.25. The molecule has 0 bridgehead atoms. The molecule has 0 unspecified atom stereocenters. The number of hydrogen-bond acceptors (Lipinski definition) is 4. The molecule has 8 heteroatoms. The number of aromatic nitrogens is 3. The maximum Gasteiger partial charge on any atom is 0.234 e. The predicted molar refractivity (Wildman–Crippen MR) is 149 cm³/mol. The molecule has 0 radical (unpaired) electrons. The Labute approximate surface area is 223 Å². The number of aryl methyl sites for hydroxylation is 1. The molecule has 1 heterocycles. The highest BCUT2D eigenvalue weighted by Gasteiger charge is 2.19. The normalized spacial score (nSPS) is 11.5. The summed E-state index contributed by atoms with van der Waals surface area (Å²) in [5.74, 6) is 0.793. The summed E-state index contributed by atoms with van der Waals surface area (Å²) < 4.78 is 2.97. The van der Waals surface area contributed by atoms with Crippen molar-refractivity contribution in [2.24, 2.45) is 0 Å². The number of hydrogen-bond donors (Lipinski definition) is 1. The lowest BCUT2D eigenvalue weighted by Crippen LogP contribution is -2.14. The molecule has 0 spiro atoms. The molecule has 0 saturated carbocycles. The van der Waals surface area contributed by atoms with Gasteiger partial charge >= 0.3 is 0 Å². The van der Waals surface area contributed by atoms with Crippen LogP contribution in [0.25, 0.3) is 17.1 Å². The van der Waals surface area contributed by atoms with E-state index in [1.165, 1.54) is 17.3 Å². The molecular formula is C27H26BrClN4OS. The van der Waals surface area contributed by atoms with Crippen molar-refractivity contribution in [2.75, 3.05) is 11.1 Å². The van der Waals surface area contributed by atoms with Crippen LogP contribution in [0.2, 0.25) is 5.02 Å². The van der Waals surface area contributed by atoms with Gasteiger partial charge in [-0.15, -0.1) is 10.2 Å². The van der Waals surface area contributed by atoms with Gasteiger partial charge in [-0.1, -0.05) is 84.3 Å². The number of nitrogens with zero attached hydrogens (tertiary/aromatic N) is 3. The first-order valence-electron chi connectivity index (χ1n) is 11.1. The molecule has 0 saturated heterocycles. The third-order valence-corrected chi connectivity index (χ3v) is 7.57. The first kappa shape index (κ1) is 25.5. The maximum absolute atomic E-state index is 12.7. The zero-order valence-corrected chi connectivity index (χ0v) is 23.1. The van der Waals surface area contributed by atoms with E-state index in [4.69, 9.17) is 11.6 Å². The molecular weight excluding hydrogens is 544 g/mol. The molecule has 4 rings (SSSR count). The van der Waals surface area contributed by atoms with E-state index in [2.05, 4.69) is 76.5 Å². The molecule has 5 nitrogen and oxygen atoms in total. The Balaban J connectivity index is 1.60. The minimum atomic E-state index is -0.113. The summed E-state index contributed by atoms with van der Waals surface area (Å²) in [6.07, 6.45) is 0. The van der Waals surface area contributed by atoms with E-state index < -0.39 is 0 Å². The lowest BCUT2D eigenvalue weighted by atomic mass is 9.87. The zero-order valence-electron chi connectivity index (χ0n) is 20.0. The monoisotopic (exact) mass is 568 g/mol. The van der Waals surface area contributed by atoms with Crippen LogP contribution in [-0.4, -0.2) is 26.4 Å². The first-order chi connectivity index (χ1) is 16.6. The second kappa shape index (κ2) is 10.6. The molecule has 180 valence electrons. The number of nitrogens with one attached hydrogen (secondary N) is 1. The molecule has 3 aromatic carbocycles. The highest BCUT2D eigenvalue weighted by atomic mass is 79.9. The third kappa shape index (κ3) is 6.15. The van der Waals surface area contributed by atoms with Crippen LogP contribution in [-0.2, 0) is 10.2 Å². The van der Waals surface area contributed by atoms with Crippen LogP contribution in [0.1, 0.15) is 31.9 Å². The average molecular weight is 570 g/mol. The smallest absolute Gasteiger partial charge is 0.234 e. The van der Waals surface area contributed by atoms with Gasteiger partial charge in [0.05, 0.1) is 5.75 Å². The van der Waals surface area contributed by atoms with E-state index in [9.17, 15) is 4.79 Å². The standard InChI is InChI=1S/C27H26BrClN4OS/c1-17-15-21(11-14-23(17)28)30-24(34)16-35-26-32-31-25(33(26)22-12-9-20(29)10-13-22)18-5-7-19(8-6-18)27(2,3)4/h5-15H,16H2,1-4H3,(H,30,34). The van der Waals surface area contributed by atoms with Crippen molar-refractivity contribution in [3.05, 3.63) is 87.4 Å². The van der Waals surface area contributed by atoms with Gasteiger partial charge in [0.1, 0.15) is 0 Å². The lowest BCUT2D eigenvalue weighted by Gasteiger charge is -2.19. The lowest BCUT2D eigenvalue weighted by molar-refractivity contribution is -0.113. The van der Waals surface area contributed by atoms with Gasteiger partial charge in [-0.05, 0) is 65.9 Å². The maximum atomic E-state index is 12.7. The van der Waals surface area contributed by atoms with Crippen molar-refractivity contribution < 1.29 is 4.79 Å². The Morgan fingerprint density at radius 3 is 2.34 bits per heavy atom. The number of halogens is 2. The molecule has 4 aromatic rings. The number of amides is 1.